The lowest BCUT2D eigenvalue weighted by Crippen LogP contribution is -2.20. The zero-order valence-electron chi connectivity index (χ0n) is 8.56. The molecule has 0 radical (unpaired) electrons. The Kier molecular flexibility index (Phi) is 5.38. The molecule has 0 saturated heterocycles. The maximum Gasteiger partial charge on any atom is 0.0441 e. The lowest BCUT2D eigenvalue weighted by molar-refractivity contribution is 0.563. The van der Waals surface area contributed by atoms with Crippen LogP contribution in [-0.4, -0.2) is 6.54 Å². The van der Waals surface area contributed by atoms with E-state index < -0.39 is 0 Å². The third-order valence-corrected chi connectivity index (χ3v) is 3.29. The summed E-state index contributed by atoms with van der Waals surface area (Å²) in [5, 5.41) is 3.37. The Bertz CT molecular complexity index is 368. The summed E-state index contributed by atoms with van der Waals surface area (Å²) < 4.78 is 2.15. The molecule has 80 valence electrons. The molecule has 1 aromatic carbocycles. The zero-order chi connectivity index (χ0) is 11.3. The Morgan fingerprint density at radius 3 is 2.73 bits per heavy atom. The summed E-state index contributed by atoms with van der Waals surface area (Å²) in [5.41, 5.74) is 1.21. The third-order valence-electron chi connectivity index (χ3n) is 2.11. The minimum atomic E-state index is 0.225. The van der Waals surface area contributed by atoms with Crippen LogP contribution in [0.3, 0.4) is 0 Å². The molecule has 0 saturated carbocycles. The van der Waals surface area contributed by atoms with Crippen molar-refractivity contribution in [1.29, 1.82) is 0 Å². The fourth-order valence-corrected chi connectivity index (χ4v) is 2.76. The van der Waals surface area contributed by atoms with Gasteiger partial charge in [0.25, 0.3) is 0 Å². The predicted molar refractivity (Wildman–Crippen MR) is 71.7 cm³/mol. The van der Waals surface area contributed by atoms with E-state index in [9.17, 15) is 0 Å². The second kappa shape index (κ2) is 6.32. The van der Waals surface area contributed by atoms with Gasteiger partial charge in [-0.3, -0.25) is 0 Å². The van der Waals surface area contributed by atoms with Crippen LogP contribution in [0.15, 0.2) is 27.1 Å². The molecule has 1 N–H and O–H groups in total. The smallest absolute Gasteiger partial charge is 0.0441 e. The van der Waals surface area contributed by atoms with Crippen molar-refractivity contribution < 1.29 is 0 Å². The first kappa shape index (κ1) is 12.8. The molecule has 1 nitrogen and oxygen atoms in total. The van der Waals surface area contributed by atoms with Gasteiger partial charge >= 0.3 is 0 Å². The predicted octanol–water partition coefficient (Wildman–Crippen LogP) is 3.89. The highest BCUT2D eigenvalue weighted by Gasteiger charge is 2.12. The number of terminal acetylenes is 1. The third kappa shape index (κ3) is 3.64. The SMILES string of the molecule is C#CCC(NCC)c1ccc(Br)cc1Br. The van der Waals surface area contributed by atoms with Crippen LogP contribution < -0.4 is 5.32 Å². The molecule has 15 heavy (non-hydrogen) atoms. The topological polar surface area (TPSA) is 12.0 Å². The summed E-state index contributed by atoms with van der Waals surface area (Å²) in [6.45, 7) is 2.99. The highest BCUT2D eigenvalue weighted by molar-refractivity contribution is 9.11. The minimum Gasteiger partial charge on any atom is -0.309 e. The van der Waals surface area contributed by atoms with E-state index >= 15 is 0 Å². The van der Waals surface area contributed by atoms with E-state index in [-0.39, 0.29) is 6.04 Å². The summed E-state index contributed by atoms with van der Waals surface area (Å²) in [6, 6.07) is 6.37. The molecule has 3 heteroatoms. The highest BCUT2D eigenvalue weighted by atomic mass is 79.9. The van der Waals surface area contributed by atoms with Gasteiger partial charge in [0.15, 0.2) is 0 Å². The van der Waals surface area contributed by atoms with Crippen LogP contribution in [0, 0.1) is 12.3 Å². The van der Waals surface area contributed by atoms with Crippen molar-refractivity contribution in [2.45, 2.75) is 19.4 Å². The Morgan fingerprint density at radius 1 is 1.47 bits per heavy atom. The van der Waals surface area contributed by atoms with Crippen LogP contribution in [0.5, 0.6) is 0 Å². The van der Waals surface area contributed by atoms with Gasteiger partial charge < -0.3 is 5.32 Å². The van der Waals surface area contributed by atoms with Crippen LogP contribution in [0.25, 0.3) is 0 Å². The summed E-state index contributed by atoms with van der Waals surface area (Å²) >= 11 is 6.98. The highest BCUT2D eigenvalue weighted by Crippen LogP contribution is 2.28. The van der Waals surface area contributed by atoms with E-state index in [0.29, 0.717) is 6.42 Å². The summed E-state index contributed by atoms with van der Waals surface area (Å²) in [5.74, 6) is 2.70. The second-order valence-electron chi connectivity index (χ2n) is 3.18. The van der Waals surface area contributed by atoms with Crippen LogP contribution >= 0.6 is 31.9 Å². The largest absolute Gasteiger partial charge is 0.309 e. The first-order valence-electron chi connectivity index (χ1n) is 4.80. The standard InChI is InChI=1S/C12H13Br2N/c1-3-5-12(15-4-2)10-7-6-9(13)8-11(10)14/h1,6-8,12,15H,4-5H2,2H3. The van der Waals surface area contributed by atoms with Crippen molar-refractivity contribution >= 4 is 31.9 Å². The summed E-state index contributed by atoms with van der Waals surface area (Å²) in [7, 11) is 0. The lowest BCUT2D eigenvalue weighted by atomic mass is 10.0. The Morgan fingerprint density at radius 2 is 2.20 bits per heavy atom. The minimum absolute atomic E-state index is 0.225. The average molecular weight is 331 g/mol. The van der Waals surface area contributed by atoms with Gasteiger partial charge in [0.05, 0.1) is 0 Å². The van der Waals surface area contributed by atoms with Gasteiger partial charge in [0, 0.05) is 21.4 Å². The van der Waals surface area contributed by atoms with Gasteiger partial charge in [0.1, 0.15) is 0 Å². The first-order chi connectivity index (χ1) is 7.19. The quantitative estimate of drug-likeness (QED) is 0.826. The van der Waals surface area contributed by atoms with Gasteiger partial charge in [-0.05, 0) is 24.2 Å². The Hall–Kier alpha value is -0.300. The molecule has 0 amide bonds. The van der Waals surface area contributed by atoms with Gasteiger partial charge in [0.2, 0.25) is 0 Å². The second-order valence-corrected chi connectivity index (χ2v) is 4.95. The van der Waals surface area contributed by atoms with Gasteiger partial charge in [-0.2, -0.15) is 0 Å². The molecule has 0 heterocycles. The van der Waals surface area contributed by atoms with Crippen LogP contribution in [-0.2, 0) is 0 Å². The maximum atomic E-state index is 5.36. The van der Waals surface area contributed by atoms with Crippen molar-refractivity contribution in [2.75, 3.05) is 6.54 Å². The molecular formula is C12H13Br2N. The Balaban J connectivity index is 2.95. The molecule has 1 rings (SSSR count). The zero-order valence-corrected chi connectivity index (χ0v) is 11.7. The van der Waals surface area contributed by atoms with Gasteiger partial charge in [-0.1, -0.05) is 44.8 Å². The van der Waals surface area contributed by atoms with E-state index in [4.69, 9.17) is 6.42 Å². The Labute approximate surface area is 108 Å². The van der Waals surface area contributed by atoms with E-state index in [1.165, 1.54) is 5.56 Å². The molecule has 1 atom stereocenters. The monoisotopic (exact) mass is 329 g/mol. The van der Waals surface area contributed by atoms with Crippen molar-refractivity contribution in [3.63, 3.8) is 0 Å². The first-order valence-corrected chi connectivity index (χ1v) is 6.39. The molecule has 0 aromatic heterocycles. The number of rotatable bonds is 4. The fraction of sp³-hybridized carbons (Fsp3) is 0.333. The van der Waals surface area contributed by atoms with Crippen LogP contribution in [0.4, 0.5) is 0 Å². The number of hydrogen-bond donors (Lipinski definition) is 1. The van der Waals surface area contributed by atoms with E-state index in [2.05, 4.69) is 56.1 Å². The lowest BCUT2D eigenvalue weighted by Gasteiger charge is -2.17. The van der Waals surface area contributed by atoms with Crippen LogP contribution in [0.2, 0.25) is 0 Å². The number of halogens is 2. The molecule has 0 aliphatic carbocycles. The maximum absolute atomic E-state index is 5.36. The fourth-order valence-electron chi connectivity index (χ4n) is 1.44. The molecule has 0 aliphatic rings. The molecule has 0 aliphatic heterocycles. The molecule has 1 aromatic rings. The van der Waals surface area contributed by atoms with Crippen molar-refractivity contribution in [2.24, 2.45) is 0 Å². The number of nitrogens with one attached hydrogen (secondary N) is 1. The molecule has 0 fully saturated rings. The summed E-state index contributed by atoms with van der Waals surface area (Å²) in [6.07, 6.45) is 6.06. The average Bonchev–Trinajstić information content (AvgIpc) is 2.17. The van der Waals surface area contributed by atoms with Crippen molar-refractivity contribution in [1.82, 2.24) is 5.32 Å². The number of hydrogen-bond acceptors (Lipinski definition) is 1. The van der Waals surface area contributed by atoms with Gasteiger partial charge in [-0.15, -0.1) is 12.3 Å². The molecule has 0 bridgehead atoms. The van der Waals surface area contributed by atoms with Crippen LogP contribution in [0.1, 0.15) is 24.9 Å². The molecular weight excluding hydrogens is 318 g/mol. The number of benzene rings is 1. The van der Waals surface area contributed by atoms with Crippen molar-refractivity contribution in [3.8, 4) is 12.3 Å². The van der Waals surface area contributed by atoms with E-state index in [1.807, 2.05) is 12.1 Å². The van der Waals surface area contributed by atoms with E-state index in [0.717, 1.165) is 15.5 Å². The van der Waals surface area contributed by atoms with E-state index in [1.54, 1.807) is 0 Å². The normalized spacial score (nSPS) is 12.1. The molecule has 1 unspecified atom stereocenters. The van der Waals surface area contributed by atoms with Gasteiger partial charge in [-0.25, -0.2) is 0 Å². The summed E-state index contributed by atoms with van der Waals surface area (Å²) in [4.78, 5) is 0. The molecule has 0 spiro atoms. The van der Waals surface area contributed by atoms with Crippen molar-refractivity contribution in [3.05, 3.63) is 32.7 Å².